The van der Waals surface area contributed by atoms with Crippen molar-refractivity contribution in [2.45, 2.75) is 112 Å². The molecule has 5 heterocycles. The minimum absolute atomic E-state index is 0.00838. The number of likely N-dealkylation sites (N-methyl/N-ethyl adjacent to an activating group) is 1. The molecule has 0 bridgehead atoms. The predicted molar refractivity (Wildman–Crippen MR) is 326 cm³/mol. The molecule has 0 radical (unpaired) electrons. The maximum Gasteiger partial charge on any atom is 0.333 e. The smallest absolute Gasteiger partial charge is 0.333 e. The summed E-state index contributed by atoms with van der Waals surface area (Å²) in [5.74, 6) is 6.85. The number of carbonyl (C=O) groups is 2. The minimum Gasteiger partial charge on any atom is -0.383 e. The number of anilines is 2. The van der Waals surface area contributed by atoms with Crippen LogP contribution in [0.2, 0.25) is 0 Å². The summed E-state index contributed by atoms with van der Waals surface area (Å²) in [5.41, 5.74) is 19.4. The number of rotatable bonds is 30. The third-order valence-corrected chi connectivity index (χ3v) is 21.5. The van der Waals surface area contributed by atoms with Crippen molar-refractivity contribution in [2.24, 2.45) is 5.11 Å². The maximum atomic E-state index is 12.8. The molecule has 2 aromatic carbocycles. The number of nitrogen functional groups attached to an aromatic ring is 1. The molecule has 0 aliphatic carbocycles. The average molecular weight is 1330 g/mol. The van der Waals surface area contributed by atoms with E-state index in [9.17, 15) is 49.2 Å². The normalized spacial score (nSPS) is 19.5. The summed E-state index contributed by atoms with van der Waals surface area (Å²) in [6.07, 6.45) is 9.01. The van der Waals surface area contributed by atoms with Crippen LogP contribution in [0.4, 0.5) is 17.2 Å². The number of aromatic nitrogens is 3. The Labute approximate surface area is 506 Å². The highest BCUT2D eigenvalue weighted by Gasteiger charge is 2.46. The third kappa shape index (κ3) is 17.3. The van der Waals surface area contributed by atoms with Gasteiger partial charge in [-0.1, -0.05) is 58.5 Å². The van der Waals surface area contributed by atoms with Crippen molar-refractivity contribution in [1.29, 1.82) is 0 Å². The second kappa shape index (κ2) is 30.2. The van der Waals surface area contributed by atoms with Crippen LogP contribution in [0.3, 0.4) is 0 Å². The van der Waals surface area contributed by atoms with Crippen molar-refractivity contribution in [3.8, 4) is 11.8 Å². The maximum absolute atomic E-state index is 12.8. The van der Waals surface area contributed by atoms with Crippen molar-refractivity contribution >= 4 is 112 Å². The van der Waals surface area contributed by atoms with Gasteiger partial charge in [-0.3, -0.25) is 32.4 Å². The fourth-order valence-electron chi connectivity index (χ4n) is 10.2. The molecule has 4 aromatic rings. The van der Waals surface area contributed by atoms with Crippen LogP contribution >= 0.6 is 46.4 Å². The van der Waals surface area contributed by atoms with Gasteiger partial charge in [0, 0.05) is 95.9 Å². The lowest BCUT2D eigenvalue weighted by atomic mass is 9.81. The van der Waals surface area contributed by atoms with Gasteiger partial charge in [-0.15, -0.1) is 0 Å². The van der Waals surface area contributed by atoms with E-state index < -0.39 is 80.9 Å². The van der Waals surface area contributed by atoms with E-state index in [4.69, 9.17) is 30.2 Å². The number of azide groups is 1. The van der Waals surface area contributed by atoms with E-state index in [1.165, 1.54) is 52.2 Å². The van der Waals surface area contributed by atoms with E-state index in [1.807, 2.05) is 52.8 Å². The number of hydrogen-bond acceptors (Lipinski definition) is 21. The molecule has 3 aliphatic heterocycles. The Bertz CT molecular complexity index is 3740. The summed E-state index contributed by atoms with van der Waals surface area (Å²) in [7, 11) is -16.5. The van der Waals surface area contributed by atoms with Crippen molar-refractivity contribution < 1.29 is 81.3 Å². The first-order chi connectivity index (χ1) is 40.8. The fraction of sp³-hybridized carbons (Fsp3) is 0.471. The molecule has 0 spiro atoms. The zero-order chi connectivity index (χ0) is 62.6. The van der Waals surface area contributed by atoms with Crippen LogP contribution in [0.25, 0.3) is 21.5 Å². The monoisotopic (exact) mass is 1330 g/mol. The van der Waals surface area contributed by atoms with Crippen molar-refractivity contribution in [2.75, 3.05) is 61.7 Å². The Hall–Kier alpha value is -5.41. The van der Waals surface area contributed by atoms with Crippen molar-refractivity contribution in [1.82, 2.24) is 25.2 Å². The van der Waals surface area contributed by atoms with E-state index >= 15 is 0 Å². The van der Waals surface area contributed by atoms with Gasteiger partial charge >= 0.3 is 24.8 Å². The number of benzene rings is 2. The molecule has 3 aliphatic rings. The number of nitrogens with one attached hydrogen (secondary N) is 2. The number of ether oxygens (including phenoxy) is 2. The zero-order valence-electron chi connectivity index (χ0n) is 47.3. The molecule has 35 heteroatoms. The Morgan fingerprint density at radius 3 is 2.38 bits per heavy atom. The zero-order valence-corrected chi connectivity index (χ0v) is 53.6. The Morgan fingerprint density at radius 1 is 0.965 bits per heavy atom. The predicted octanol–water partition coefficient (Wildman–Crippen LogP) is 7.91. The minimum atomic E-state index is -4.48. The molecule has 466 valence electrons. The van der Waals surface area contributed by atoms with E-state index in [0.717, 1.165) is 40.3 Å². The van der Waals surface area contributed by atoms with Crippen LogP contribution in [0.1, 0.15) is 96.1 Å². The van der Waals surface area contributed by atoms with E-state index in [0.29, 0.717) is 67.0 Å². The van der Waals surface area contributed by atoms with E-state index in [2.05, 4.69) is 60.6 Å². The van der Waals surface area contributed by atoms with Gasteiger partial charge in [0.1, 0.15) is 43.4 Å². The number of amides is 2. The van der Waals surface area contributed by atoms with Gasteiger partial charge in [0.25, 0.3) is 20.2 Å². The molecule has 2 amide bonds. The third-order valence-electron chi connectivity index (χ3n) is 14.3. The number of nitrogens with zero attached hydrogens (tertiary/aromatic N) is 8. The van der Waals surface area contributed by atoms with Crippen LogP contribution < -0.4 is 21.3 Å². The second-order valence-corrected chi connectivity index (χ2v) is 29.5. The molecule has 6 atom stereocenters. The standard InChI is InChI=1S/C51H66N11O17P3S4/c1-6-60-38-18-16-34(85(69,70)71)26-36(38)50(2,3)42(60)13-10-14-43-51(4,5)37-27-35(86(72,73)74)17-19-39(37)61(43)23-9-7-8-15-44(63)55-22-25-84-83-24-20-45(64)54-21-11-12-33-29-62(49-47(33)48(52)56-31-57-49)46-28-40(75-32-58-59-53)41(77-46)30-76-81(67)79-82(68)78-80(65)66/h10,13-14,16-19,26-27,29,31,40-41,46,80-82H,6-9,15,20-25,28,30,32H2,1-5H3,(H6-,52,54,55,56,57,63,64,65,66,69,70,71,72,73,74)/p+1. The van der Waals surface area contributed by atoms with Gasteiger partial charge in [0.2, 0.25) is 17.5 Å². The van der Waals surface area contributed by atoms with Gasteiger partial charge in [-0.2, -0.15) is 21.4 Å². The number of carbonyl (C=O) groups excluding carboxylic acids is 2. The Balaban J connectivity index is 0.845. The van der Waals surface area contributed by atoms with Crippen LogP contribution in [-0.4, -0.2) is 131 Å². The average Bonchev–Trinajstić information content (AvgIpc) is 1.76. The van der Waals surface area contributed by atoms with Gasteiger partial charge in [0.15, 0.2) is 5.71 Å². The fourth-order valence-corrected chi connectivity index (χ4v) is 15.3. The molecular formula is C51H67N11O17P3S4+. The summed E-state index contributed by atoms with van der Waals surface area (Å²) in [4.78, 5) is 47.1. The number of unbranched alkanes of at least 4 members (excludes halogenated alkanes) is 2. The van der Waals surface area contributed by atoms with Crippen molar-refractivity contribution in [3.05, 3.63) is 100.0 Å². The molecule has 7 rings (SSSR count). The Morgan fingerprint density at radius 2 is 1.67 bits per heavy atom. The van der Waals surface area contributed by atoms with Gasteiger partial charge in [-0.25, -0.2) is 18.6 Å². The number of fused-ring (bicyclic) bond motifs is 3. The van der Waals surface area contributed by atoms with Crippen LogP contribution in [0, 0.1) is 11.8 Å². The number of allylic oxidation sites excluding steroid dienone is 4. The molecule has 1 saturated heterocycles. The molecular weight excluding hydrogens is 1260 g/mol. The van der Waals surface area contributed by atoms with Gasteiger partial charge < -0.3 is 44.7 Å². The summed E-state index contributed by atoms with van der Waals surface area (Å²) in [6, 6.07) is 9.18. The quantitative estimate of drug-likeness (QED) is 0.00332. The van der Waals surface area contributed by atoms with Crippen LogP contribution in [-0.2, 0) is 77.0 Å². The summed E-state index contributed by atoms with van der Waals surface area (Å²) >= 11 is 0. The highest BCUT2D eigenvalue weighted by molar-refractivity contribution is 8.76. The first-order valence-electron chi connectivity index (χ1n) is 26.8. The first kappa shape index (κ1) is 68.1. The topological polar surface area (TPSA) is 396 Å². The largest absolute Gasteiger partial charge is 0.383 e. The second-order valence-electron chi connectivity index (χ2n) is 20.5. The van der Waals surface area contributed by atoms with Gasteiger partial charge in [0.05, 0.1) is 45.4 Å². The van der Waals surface area contributed by atoms with Crippen LogP contribution in [0.5, 0.6) is 0 Å². The highest BCUT2D eigenvalue weighted by atomic mass is 33.1. The molecule has 28 nitrogen and oxygen atoms in total. The molecule has 0 saturated carbocycles. The number of hydrogen-bond donors (Lipinski definition) is 6. The Kier molecular flexibility index (Phi) is 23.9. The SMILES string of the molecule is CCN1/C(=C/C=C/C2=[N+](CCCCCC(=O)NCCSSCCC(=O)NCC#Cc3cn(C4CC(OCN=[N+]=[N-])C(CO[PH](=O)O[PH](=O)O[PH](=O)O)O4)c4ncnc(N)c34)c3ccc(S(=O)(=O)O)cc3C2(C)C)C(C)(C)c2cc(S(=O)(=O)O)ccc21. The number of nitrogens with two attached hydrogens (primary N) is 1. The summed E-state index contributed by atoms with van der Waals surface area (Å²) < 4.78 is 132. The molecule has 7 N–H and O–H groups in total. The van der Waals surface area contributed by atoms with Crippen molar-refractivity contribution in [3.63, 3.8) is 0 Å². The van der Waals surface area contributed by atoms with E-state index in [1.54, 1.807) is 22.9 Å². The van der Waals surface area contributed by atoms with Gasteiger partial charge in [-0.05, 0) is 81.1 Å². The molecule has 2 aromatic heterocycles. The lowest BCUT2D eigenvalue weighted by molar-refractivity contribution is -0.438. The van der Waals surface area contributed by atoms with E-state index in [-0.39, 0.29) is 53.5 Å². The summed E-state index contributed by atoms with van der Waals surface area (Å²) in [6.45, 7) is 10.8. The molecule has 6 unspecified atom stereocenters. The summed E-state index contributed by atoms with van der Waals surface area (Å²) in [5, 5.41) is 9.52. The van der Waals surface area contributed by atoms with Crippen LogP contribution in [0.15, 0.2) is 87.8 Å². The first-order valence-corrected chi connectivity index (χ1v) is 35.8. The lowest BCUT2D eigenvalue weighted by Crippen LogP contribution is -2.28. The molecule has 86 heavy (non-hydrogen) atoms. The molecule has 1 fully saturated rings. The lowest BCUT2D eigenvalue weighted by Gasteiger charge is -2.25. The highest BCUT2D eigenvalue weighted by Crippen LogP contribution is 2.49.